The second-order valence-corrected chi connectivity index (χ2v) is 6.17. The normalized spacial score (nSPS) is 23.4. The van der Waals surface area contributed by atoms with Crippen LogP contribution in [-0.2, 0) is 9.53 Å². The Morgan fingerprint density at radius 2 is 1.91 bits per heavy atom. The van der Waals surface area contributed by atoms with E-state index in [1.165, 1.54) is 6.26 Å². The number of amides is 2. The van der Waals surface area contributed by atoms with Crippen molar-refractivity contribution in [3.05, 3.63) is 24.2 Å². The Labute approximate surface area is 130 Å². The Morgan fingerprint density at radius 3 is 2.41 bits per heavy atom. The maximum absolute atomic E-state index is 12.8. The minimum Gasteiger partial charge on any atom is -0.459 e. The van der Waals surface area contributed by atoms with Gasteiger partial charge in [0.25, 0.3) is 5.91 Å². The zero-order chi connectivity index (χ0) is 16.3. The van der Waals surface area contributed by atoms with Crippen LogP contribution in [0.1, 0.15) is 38.2 Å². The predicted molar refractivity (Wildman–Crippen MR) is 81.4 cm³/mol. The Hall–Kier alpha value is -1.82. The molecule has 6 nitrogen and oxygen atoms in total. The topological polar surface area (TPSA) is 71.8 Å². The minimum absolute atomic E-state index is 0.00119. The van der Waals surface area contributed by atoms with E-state index >= 15 is 0 Å². The SMILES string of the molecule is CC1CN(C(=O)C(NC(=O)c2ccco2)C(C)C)CC(C)O1. The summed E-state index contributed by atoms with van der Waals surface area (Å²) < 4.78 is 10.7. The molecule has 0 spiro atoms. The average Bonchev–Trinajstić information content (AvgIpc) is 2.96. The van der Waals surface area contributed by atoms with Crippen molar-refractivity contribution in [2.75, 3.05) is 13.1 Å². The van der Waals surface area contributed by atoms with Crippen LogP contribution in [0.3, 0.4) is 0 Å². The number of rotatable bonds is 4. The van der Waals surface area contributed by atoms with Crippen LogP contribution in [0.25, 0.3) is 0 Å². The monoisotopic (exact) mass is 308 g/mol. The number of nitrogens with one attached hydrogen (secondary N) is 1. The van der Waals surface area contributed by atoms with Gasteiger partial charge in [0.15, 0.2) is 5.76 Å². The molecule has 1 saturated heterocycles. The summed E-state index contributed by atoms with van der Waals surface area (Å²) in [6.07, 6.45) is 1.44. The molecule has 122 valence electrons. The highest BCUT2D eigenvalue weighted by atomic mass is 16.5. The fourth-order valence-corrected chi connectivity index (χ4v) is 2.69. The van der Waals surface area contributed by atoms with E-state index < -0.39 is 6.04 Å². The van der Waals surface area contributed by atoms with Gasteiger partial charge in [0.1, 0.15) is 6.04 Å². The molecule has 1 fully saturated rings. The lowest BCUT2D eigenvalue weighted by Gasteiger charge is -2.38. The van der Waals surface area contributed by atoms with E-state index in [0.29, 0.717) is 13.1 Å². The highest BCUT2D eigenvalue weighted by Gasteiger charge is 2.33. The molecule has 0 bridgehead atoms. The summed E-state index contributed by atoms with van der Waals surface area (Å²) in [5.41, 5.74) is 0. The summed E-state index contributed by atoms with van der Waals surface area (Å²) in [6.45, 7) is 8.81. The molecule has 0 aliphatic carbocycles. The fraction of sp³-hybridized carbons (Fsp3) is 0.625. The molecule has 1 aromatic heterocycles. The van der Waals surface area contributed by atoms with Gasteiger partial charge in [0.05, 0.1) is 18.5 Å². The van der Waals surface area contributed by atoms with Gasteiger partial charge in [-0.25, -0.2) is 0 Å². The fourth-order valence-electron chi connectivity index (χ4n) is 2.69. The number of ether oxygens (including phenoxy) is 1. The van der Waals surface area contributed by atoms with E-state index in [9.17, 15) is 9.59 Å². The van der Waals surface area contributed by atoms with Crippen LogP contribution in [-0.4, -0.2) is 48.1 Å². The summed E-state index contributed by atoms with van der Waals surface area (Å²) >= 11 is 0. The highest BCUT2D eigenvalue weighted by Crippen LogP contribution is 2.15. The van der Waals surface area contributed by atoms with Crippen molar-refractivity contribution in [1.29, 1.82) is 0 Å². The quantitative estimate of drug-likeness (QED) is 0.918. The van der Waals surface area contributed by atoms with Gasteiger partial charge >= 0.3 is 0 Å². The van der Waals surface area contributed by atoms with E-state index in [-0.39, 0.29) is 35.7 Å². The third-order valence-electron chi connectivity index (χ3n) is 3.70. The van der Waals surface area contributed by atoms with Crippen LogP contribution in [0.2, 0.25) is 0 Å². The molecular formula is C16H24N2O4. The Kier molecular flexibility index (Phi) is 5.24. The Morgan fingerprint density at radius 1 is 1.27 bits per heavy atom. The molecule has 2 amide bonds. The number of carbonyl (C=O) groups is 2. The number of hydrogen-bond donors (Lipinski definition) is 1. The van der Waals surface area contributed by atoms with Crippen LogP contribution in [0.5, 0.6) is 0 Å². The van der Waals surface area contributed by atoms with Crippen LogP contribution in [0.4, 0.5) is 0 Å². The molecule has 1 aliphatic heterocycles. The second kappa shape index (κ2) is 6.96. The summed E-state index contributed by atoms with van der Waals surface area (Å²) in [6, 6.07) is 2.65. The van der Waals surface area contributed by atoms with Crippen molar-refractivity contribution in [2.45, 2.75) is 45.9 Å². The molecular weight excluding hydrogens is 284 g/mol. The molecule has 22 heavy (non-hydrogen) atoms. The van der Waals surface area contributed by atoms with Crippen molar-refractivity contribution in [2.24, 2.45) is 5.92 Å². The standard InChI is InChI=1S/C16H24N2O4/c1-10(2)14(17-15(19)13-6-5-7-21-13)16(20)18-8-11(3)22-12(4)9-18/h5-7,10-12,14H,8-9H2,1-4H3,(H,17,19). The molecule has 0 aromatic carbocycles. The molecule has 2 heterocycles. The Balaban J connectivity index is 2.07. The highest BCUT2D eigenvalue weighted by molar-refractivity contribution is 5.95. The first-order chi connectivity index (χ1) is 10.4. The van der Waals surface area contributed by atoms with E-state index in [1.807, 2.05) is 27.7 Å². The molecule has 1 aliphatic rings. The summed E-state index contributed by atoms with van der Waals surface area (Å²) in [5.74, 6) is -0.245. The Bertz CT molecular complexity index is 502. The second-order valence-electron chi connectivity index (χ2n) is 6.17. The maximum atomic E-state index is 12.8. The zero-order valence-corrected chi connectivity index (χ0v) is 13.5. The third kappa shape index (κ3) is 3.88. The molecule has 3 atom stereocenters. The van der Waals surface area contributed by atoms with E-state index in [4.69, 9.17) is 9.15 Å². The number of morpholine rings is 1. The largest absolute Gasteiger partial charge is 0.459 e. The first kappa shape index (κ1) is 16.5. The van der Waals surface area contributed by atoms with Gasteiger partial charge in [0, 0.05) is 13.1 Å². The van der Waals surface area contributed by atoms with Crippen LogP contribution in [0.15, 0.2) is 22.8 Å². The van der Waals surface area contributed by atoms with Crippen LogP contribution < -0.4 is 5.32 Å². The molecule has 0 radical (unpaired) electrons. The maximum Gasteiger partial charge on any atom is 0.287 e. The van der Waals surface area contributed by atoms with Crippen molar-refractivity contribution in [3.8, 4) is 0 Å². The van der Waals surface area contributed by atoms with Gasteiger partial charge in [-0.05, 0) is 31.9 Å². The van der Waals surface area contributed by atoms with Gasteiger partial charge in [-0.15, -0.1) is 0 Å². The van der Waals surface area contributed by atoms with E-state index in [1.54, 1.807) is 17.0 Å². The van der Waals surface area contributed by atoms with Crippen LogP contribution >= 0.6 is 0 Å². The van der Waals surface area contributed by atoms with E-state index in [0.717, 1.165) is 0 Å². The lowest BCUT2D eigenvalue weighted by molar-refractivity contribution is -0.146. The predicted octanol–water partition coefficient (Wildman–Crippen LogP) is 1.67. The first-order valence-corrected chi connectivity index (χ1v) is 7.67. The number of nitrogens with zero attached hydrogens (tertiary/aromatic N) is 1. The van der Waals surface area contributed by atoms with Crippen molar-refractivity contribution in [3.63, 3.8) is 0 Å². The lowest BCUT2D eigenvalue weighted by Crippen LogP contribution is -2.56. The number of carbonyl (C=O) groups excluding carboxylic acids is 2. The third-order valence-corrected chi connectivity index (χ3v) is 3.70. The smallest absolute Gasteiger partial charge is 0.287 e. The van der Waals surface area contributed by atoms with Crippen LogP contribution in [0, 0.1) is 5.92 Å². The van der Waals surface area contributed by atoms with E-state index in [2.05, 4.69) is 5.32 Å². The van der Waals surface area contributed by atoms with Crippen molar-refractivity contribution >= 4 is 11.8 Å². The molecule has 1 N–H and O–H groups in total. The number of hydrogen-bond acceptors (Lipinski definition) is 4. The number of furan rings is 1. The lowest BCUT2D eigenvalue weighted by atomic mass is 10.0. The van der Waals surface area contributed by atoms with Gasteiger partial charge in [0.2, 0.25) is 5.91 Å². The molecule has 1 aromatic rings. The van der Waals surface area contributed by atoms with Gasteiger partial charge in [-0.3, -0.25) is 9.59 Å². The van der Waals surface area contributed by atoms with Crippen molar-refractivity contribution < 1.29 is 18.7 Å². The zero-order valence-electron chi connectivity index (χ0n) is 13.5. The molecule has 2 rings (SSSR count). The molecule has 0 saturated carbocycles. The average molecular weight is 308 g/mol. The van der Waals surface area contributed by atoms with Gasteiger partial charge in [-0.2, -0.15) is 0 Å². The summed E-state index contributed by atoms with van der Waals surface area (Å²) in [4.78, 5) is 26.7. The van der Waals surface area contributed by atoms with Gasteiger partial charge in [-0.1, -0.05) is 13.8 Å². The first-order valence-electron chi connectivity index (χ1n) is 7.67. The molecule has 3 unspecified atom stereocenters. The van der Waals surface area contributed by atoms with Crippen molar-refractivity contribution in [1.82, 2.24) is 10.2 Å². The minimum atomic E-state index is -0.574. The summed E-state index contributed by atoms with van der Waals surface area (Å²) in [5, 5.41) is 2.78. The summed E-state index contributed by atoms with van der Waals surface area (Å²) in [7, 11) is 0. The van der Waals surface area contributed by atoms with Gasteiger partial charge < -0.3 is 19.4 Å². The molecule has 6 heteroatoms.